The monoisotopic (exact) mass is 306 g/mol. The molecule has 0 spiro atoms. The normalized spacial score (nSPS) is 13.0. The summed E-state index contributed by atoms with van der Waals surface area (Å²) < 4.78 is 2.77. The van der Waals surface area contributed by atoms with E-state index in [1.54, 1.807) is 4.57 Å². The second kappa shape index (κ2) is 5.58. The first-order chi connectivity index (χ1) is 9.57. The third-order valence-electron chi connectivity index (χ3n) is 3.60. The van der Waals surface area contributed by atoms with Crippen molar-refractivity contribution in [2.24, 2.45) is 12.5 Å². The molecule has 0 amide bonds. The molecule has 0 bridgehead atoms. The van der Waals surface area contributed by atoms with Crippen molar-refractivity contribution in [3.05, 3.63) is 33.4 Å². The molecule has 0 saturated heterocycles. The molecule has 0 saturated carbocycles. The quantitative estimate of drug-likeness (QED) is 0.929. The van der Waals surface area contributed by atoms with E-state index >= 15 is 0 Å². The molecule has 1 N–H and O–H groups in total. The Hall–Kier alpha value is -1.13. The van der Waals surface area contributed by atoms with E-state index in [2.05, 4.69) is 52.1 Å². The molecule has 1 heterocycles. The van der Waals surface area contributed by atoms with Gasteiger partial charge in [0.15, 0.2) is 0 Å². The van der Waals surface area contributed by atoms with Crippen LogP contribution in [0.2, 0.25) is 0 Å². The lowest BCUT2D eigenvalue weighted by Gasteiger charge is -2.33. The van der Waals surface area contributed by atoms with Crippen molar-refractivity contribution in [3.63, 3.8) is 0 Å². The predicted octanol–water partition coefficient (Wildman–Crippen LogP) is 3.90. The molecule has 0 aliphatic rings. The van der Waals surface area contributed by atoms with Crippen molar-refractivity contribution in [1.82, 2.24) is 9.88 Å². The van der Waals surface area contributed by atoms with E-state index in [1.165, 1.54) is 16.9 Å². The molecule has 0 radical (unpaired) electrons. The van der Waals surface area contributed by atoms with Crippen LogP contribution in [0.3, 0.4) is 0 Å². The van der Waals surface area contributed by atoms with Crippen LogP contribution in [0.15, 0.2) is 23.0 Å². The van der Waals surface area contributed by atoms with Crippen molar-refractivity contribution in [2.45, 2.75) is 53.1 Å². The first-order valence-electron chi connectivity index (χ1n) is 7.41. The number of rotatable bonds is 4. The van der Waals surface area contributed by atoms with Crippen molar-refractivity contribution in [2.75, 3.05) is 0 Å². The van der Waals surface area contributed by atoms with Crippen molar-refractivity contribution >= 4 is 21.6 Å². The fourth-order valence-electron chi connectivity index (χ4n) is 3.02. The largest absolute Gasteiger partial charge is 0.308 e. The van der Waals surface area contributed by atoms with Crippen LogP contribution in [0, 0.1) is 5.41 Å². The SMILES string of the molecule is Cn1c(=O)sc2cc(CNC(C)(C)CC(C)(C)C)ccc21. The number of nitrogens with one attached hydrogen (secondary N) is 1. The number of nitrogens with zero attached hydrogens (tertiary/aromatic N) is 1. The highest BCUT2D eigenvalue weighted by molar-refractivity contribution is 7.16. The van der Waals surface area contributed by atoms with Crippen molar-refractivity contribution < 1.29 is 0 Å². The number of thiazole rings is 1. The Morgan fingerprint density at radius 1 is 1.19 bits per heavy atom. The van der Waals surface area contributed by atoms with Crippen molar-refractivity contribution in [3.8, 4) is 0 Å². The third kappa shape index (κ3) is 4.17. The minimum atomic E-state index is 0.0943. The smallest absolute Gasteiger partial charge is 0.307 e. The van der Waals surface area contributed by atoms with Gasteiger partial charge in [0.1, 0.15) is 0 Å². The Balaban J connectivity index is 2.12. The first kappa shape index (κ1) is 16.2. The lowest BCUT2D eigenvalue weighted by Crippen LogP contribution is -2.41. The van der Waals surface area contributed by atoms with Gasteiger partial charge in [-0.3, -0.25) is 4.79 Å². The average molecular weight is 306 g/mol. The highest BCUT2D eigenvalue weighted by atomic mass is 32.1. The summed E-state index contributed by atoms with van der Waals surface area (Å²) >= 11 is 1.32. The number of aryl methyl sites for hydroxylation is 1. The van der Waals surface area contributed by atoms with Gasteiger partial charge in [-0.05, 0) is 43.4 Å². The summed E-state index contributed by atoms with van der Waals surface area (Å²) in [6.07, 6.45) is 1.11. The molecule has 2 rings (SSSR count). The van der Waals surface area contributed by atoms with Crippen LogP contribution in [-0.2, 0) is 13.6 Å². The summed E-state index contributed by atoms with van der Waals surface area (Å²) in [6.45, 7) is 12.1. The summed E-state index contributed by atoms with van der Waals surface area (Å²) in [5.74, 6) is 0. The molecule has 0 aliphatic heterocycles. The number of aromatic nitrogens is 1. The van der Waals surface area contributed by atoms with Crippen LogP contribution in [-0.4, -0.2) is 10.1 Å². The summed E-state index contributed by atoms with van der Waals surface area (Å²) in [4.78, 5) is 11.8. The van der Waals surface area contributed by atoms with E-state index in [-0.39, 0.29) is 10.4 Å². The first-order valence-corrected chi connectivity index (χ1v) is 8.23. The van der Waals surface area contributed by atoms with E-state index < -0.39 is 0 Å². The molecular weight excluding hydrogens is 280 g/mol. The second-order valence-electron chi connectivity index (χ2n) is 7.70. The fraction of sp³-hybridized carbons (Fsp3) is 0.588. The second-order valence-corrected chi connectivity index (χ2v) is 8.70. The lowest BCUT2D eigenvalue weighted by atomic mass is 9.82. The maximum absolute atomic E-state index is 11.7. The van der Waals surface area contributed by atoms with Gasteiger partial charge in [-0.2, -0.15) is 0 Å². The van der Waals surface area contributed by atoms with Crippen LogP contribution >= 0.6 is 11.3 Å². The molecule has 2 aromatic rings. The minimum Gasteiger partial charge on any atom is -0.308 e. The molecule has 0 unspecified atom stereocenters. The fourth-order valence-corrected chi connectivity index (χ4v) is 3.96. The van der Waals surface area contributed by atoms with Crippen LogP contribution in [0.25, 0.3) is 10.2 Å². The molecule has 1 aromatic carbocycles. The van der Waals surface area contributed by atoms with E-state index in [1.807, 2.05) is 13.1 Å². The standard InChI is InChI=1S/C17H26N2OS/c1-16(2,3)11-17(4,5)18-10-12-7-8-13-14(9-12)21-15(20)19(13)6/h7-9,18H,10-11H2,1-6H3. The molecule has 0 aliphatic carbocycles. The van der Waals surface area contributed by atoms with E-state index in [4.69, 9.17) is 0 Å². The maximum atomic E-state index is 11.7. The zero-order chi connectivity index (χ0) is 15.8. The Labute approximate surface area is 131 Å². The third-order valence-corrected chi connectivity index (χ3v) is 4.60. The Morgan fingerprint density at radius 3 is 2.48 bits per heavy atom. The molecule has 116 valence electrons. The van der Waals surface area contributed by atoms with E-state index in [0.29, 0.717) is 5.41 Å². The van der Waals surface area contributed by atoms with Crippen LogP contribution in [0.1, 0.15) is 46.6 Å². The van der Waals surface area contributed by atoms with Gasteiger partial charge in [-0.1, -0.05) is 38.2 Å². The number of hydrogen-bond acceptors (Lipinski definition) is 3. The Kier molecular flexibility index (Phi) is 4.31. The van der Waals surface area contributed by atoms with E-state index in [9.17, 15) is 4.79 Å². The molecule has 1 aromatic heterocycles. The zero-order valence-corrected chi connectivity index (χ0v) is 14.7. The number of benzene rings is 1. The summed E-state index contributed by atoms with van der Waals surface area (Å²) in [6, 6.07) is 6.28. The van der Waals surface area contributed by atoms with E-state index in [0.717, 1.165) is 23.2 Å². The predicted molar refractivity (Wildman–Crippen MR) is 92.1 cm³/mol. The van der Waals surface area contributed by atoms with Gasteiger partial charge in [0.25, 0.3) is 0 Å². The van der Waals surface area contributed by atoms with Gasteiger partial charge in [0, 0.05) is 19.1 Å². The topological polar surface area (TPSA) is 34.0 Å². The number of fused-ring (bicyclic) bond motifs is 1. The Bertz CT molecular complexity index is 689. The highest BCUT2D eigenvalue weighted by Gasteiger charge is 2.24. The Morgan fingerprint density at radius 2 is 1.86 bits per heavy atom. The maximum Gasteiger partial charge on any atom is 0.307 e. The highest BCUT2D eigenvalue weighted by Crippen LogP contribution is 2.27. The van der Waals surface area contributed by atoms with Gasteiger partial charge in [-0.15, -0.1) is 0 Å². The molecule has 0 atom stereocenters. The molecule has 0 fully saturated rings. The summed E-state index contributed by atoms with van der Waals surface area (Å²) in [7, 11) is 1.82. The van der Waals surface area contributed by atoms with Crippen LogP contribution in [0.4, 0.5) is 0 Å². The van der Waals surface area contributed by atoms with Gasteiger partial charge in [0.05, 0.1) is 10.2 Å². The molecule has 21 heavy (non-hydrogen) atoms. The number of hydrogen-bond donors (Lipinski definition) is 1. The molecule has 4 heteroatoms. The lowest BCUT2D eigenvalue weighted by molar-refractivity contribution is 0.241. The zero-order valence-electron chi connectivity index (χ0n) is 13.9. The van der Waals surface area contributed by atoms with Gasteiger partial charge >= 0.3 is 4.87 Å². The summed E-state index contributed by atoms with van der Waals surface area (Å²) in [5, 5.41) is 3.64. The van der Waals surface area contributed by atoms with Crippen LogP contribution < -0.4 is 10.2 Å². The molecular formula is C17H26N2OS. The van der Waals surface area contributed by atoms with Crippen LogP contribution in [0.5, 0.6) is 0 Å². The molecule has 3 nitrogen and oxygen atoms in total. The minimum absolute atomic E-state index is 0.0943. The van der Waals surface area contributed by atoms with Gasteiger partial charge in [0.2, 0.25) is 0 Å². The summed E-state index contributed by atoms with van der Waals surface area (Å²) in [5.41, 5.74) is 2.64. The van der Waals surface area contributed by atoms with Gasteiger partial charge in [-0.25, -0.2) is 0 Å². The van der Waals surface area contributed by atoms with Crippen molar-refractivity contribution in [1.29, 1.82) is 0 Å². The van der Waals surface area contributed by atoms with Gasteiger partial charge < -0.3 is 9.88 Å². The average Bonchev–Trinajstić information content (AvgIpc) is 2.59.